The number of amides is 2. The Balaban J connectivity index is 2.06. The Morgan fingerprint density at radius 3 is 2.68 bits per heavy atom. The normalized spacial score (nSPS) is 14.6. The van der Waals surface area contributed by atoms with E-state index in [0.717, 1.165) is 6.42 Å². The molecule has 0 spiro atoms. The van der Waals surface area contributed by atoms with Crippen LogP contribution in [-0.4, -0.2) is 31.4 Å². The van der Waals surface area contributed by atoms with Crippen molar-refractivity contribution in [2.24, 2.45) is 5.92 Å². The highest BCUT2D eigenvalue weighted by molar-refractivity contribution is 6.04. The molecule has 0 aromatic heterocycles. The van der Waals surface area contributed by atoms with Crippen molar-refractivity contribution in [2.75, 3.05) is 25.0 Å². The Kier molecular flexibility index (Phi) is 4.52. The number of nitrogens with one attached hydrogen (secondary N) is 3. The molecule has 2 rings (SSSR count). The first kappa shape index (κ1) is 13.5. The van der Waals surface area contributed by atoms with Crippen LogP contribution in [-0.2, 0) is 4.79 Å². The average Bonchev–Trinajstić information content (AvgIpc) is 2.34. The summed E-state index contributed by atoms with van der Waals surface area (Å²) >= 11 is 0. The molecule has 0 unspecified atom stereocenters. The maximum Gasteiger partial charge on any atom is 0.253 e. The van der Waals surface area contributed by atoms with Crippen LogP contribution in [0.3, 0.4) is 0 Å². The van der Waals surface area contributed by atoms with E-state index in [-0.39, 0.29) is 17.7 Å². The molecule has 1 fully saturated rings. The number of rotatable bonds is 5. The molecule has 1 aliphatic rings. The average molecular weight is 261 g/mol. The van der Waals surface area contributed by atoms with Gasteiger partial charge in [-0.05, 0) is 18.6 Å². The summed E-state index contributed by atoms with van der Waals surface area (Å²) in [6.07, 6.45) is 0.883. The van der Waals surface area contributed by atoms with E-state index in [1.165, 1.54) is 0 Å². The fraction of sp³-hybridized carbons (Fsp3) is 0.429. The minimum Gasteiger partial charge on any atom is -0.352 e. The summed E-state index contributed by atoms with van der Waals surface area (Å²) in [6, 6.07) is 7.08. The molecular formula is C14H19N3O2. The number of hydrogen-bond acceptors (Lipinski definition) is 3. The number of anilines is 1. The minimum atomic E-state index is -0.149. The predicted molar refractivity (Wildman–Crippen MR) is 74.1 cm³/mol. The van der Waals surface area contributed by atoms with Crippen molar-refractivity contribution < 1.29 is 9.59 Å². The Morgan fingerprint density at radius 1 is 1.32 bits per heavy atom. The zero-order chi connectivity index (χ0) is 13.7. The maximum absolute atomic E-state index is 12.0. The molecular weight excluding hydrogens is 242 g/mol. The van der Waals surface area contributed by atoms with Crippen LogP contribution in [0.5, 0.6) is 0 Å². The maximum atomic E-state index is 12.0. The number of benzene rings is 1. The summed E-state index contributed by atoms with van der Waals surface area (Å²) in [5.74, 6) is -0.175. The molecule has 0 saturated carbocycles. The standard InChI is InChI=1S/C14H19N3O2/c1-2-7-16-14(19)11-5-3-4-6-12(11)17-13(18)10-8-15-9-10/h3-6,10,15H,2,7-9H2,1H3,(H,16,19)(H,17,18). The number of carbonyl (C=O) groups is 2. The van der Waals surface area contributed by atoms with Gasteiger partial charge in [0.25, 0.3) is 5.91 Å². The molecule has 5 nitrogen and oxygen atoms in total. The Morgan fingerprint density at radius 2 is 2.05 bits per heavy atom. The third kappa shape index (κ3) is 3.32. The van der Waals surface area contributed by atoms with Crippen molar-refractivity contribution in [1.82, 2.24) is 10.6 Å². The molecule has 1 aromatic rings. The third-order valence-electron chi connectivity index (χ3n) is 3.12. The monoisotopic (exact) mass is 261 g/mol. The lowest BCUT2D eigenvalue weighted by molar-refractivity contribution is -0.121. The summed E-state index contributed by atoms with van der Waals surface area (Å²) in [5, 5.41) is 8.70. The lowest BCUT2D eigenvalue weighted by Gasteiger charge is -2.26. The zero-order valence-electron chi connectivity index (χ0n) is 11.0. The highest BCUT2D eigenvalue weighted by Crippen LogP contribution is 2.17. The van der Waals surface area contributed by atoms with Crippen LogP contribution in [0, 0.1) is 5.92 Å². The molecule has 5 heteroatoms. The zero-order valence-corrected chi connectivity index (χ0v) is 11.0. The van der Waals surface area contributed by atoms with Gasteiger partial charge in [0.15, 0.2) is 0 Å². The Hall–Kier alpha value is -1.88. The first-order chi connectivity index (χ1) is 9.22. The smallest absolute Gasteiger partial charge is 0.253 e. The number of hydrogen-bond donors (Lipinski definition) is 3. The van der Waals surface area contributed by atoms with E-state index in [4.69, 9.17) is 0 Å². The van der Waals surface area contributed by atoms with Gasteiger partial charge < -0.3 is 16.0 Å². The third-order valence-corrected chi connectivity index (χ3v) is 3.12. The molecule has 1 heterocycles. The van der Waals surface area contributed by atoms with Crippen LogP contribution in [0.1, 0.15) is 23.7 Å². The van der Waals surface area contributed by atoms with Gasteiger partial charge >= 0.3 is 0 Å². The molecule has 0 aliphatic carbocycles. The van der Waals surface area contributed by atoms with E-state index in [1.807, 2.05) is 13.0 Å². The van der Waals surface area contributed by atoms with E-state index >= 15 is 0 Å². The van der Waals surface area contributed by atoms with Crippen LogP contribution in [0.15, 0.2) is 24.3 Å². The first-order valence-electron chi connectivity index (χ1n) is 6.61. The van der Waals surface area contributed by atoms with E-state index < -0.39 is 0 Å². The van der Waals surface area contributed by atoms with Gasteiger partial charge in [-0.1, -0.05) is 19.1 Å². The summed E-state index contributed by atoms with van der Waals surface area (Å²) < 4.78 is 0. The Labute approximate surface area is 112 Å². The van der Waals surface area contributed by atoms with Gasteiger partial charge in [0.1, 0.15) is 0 Å². The van der Waals surface area contributed by atoms with Gasteiger partial charge in [-0.3, -0.25) is 9.59 Å². The first-order valence-corrected chi connectivity index (χ1v) is 6.61. The summed E-state index contributed by atoms with van der Waals surface area (Å²) in [6.45, 7) is 4.04. The summed E-state index contributed by atoms with van der Waals surface area (Å²) in [4.78, 5) is 23.9. The molecule has 2 amide bonds. The second kappa shape index (κ2) is 6.33. The van der Waals surface area contributed by atoms with Crippen molar-refractivity contribution in [3.63, 3.8) is 0 Å². The van der Waals surface area contributed by atoms with Gasteiger partial charge in [0.05, 0.1) is 17.2 Å². The predicted octanol–water partition coefficient (Wildman–Crippen LogP) is 0.984. The molecule has 1 saturated heterocycles. The summed E-state index contributed by atoms with van der Waals surface area (Å²) in [5.41, 5.74) is 1.09. The van der Waals surface area contributed by atoms with E-state index in [1.54, 1.807) is 18.2 Å². The molecule has 0 atom stereocenters. The quantitative estimate of drug-likeness (QED) is 0.740. The molecule has 3 N–H and O–H groups in total. The molecule has 0 bridgehead atoms. The van der Waals surface area contributed by atoms with Crippen LogP contribution in [0.25, 0.3) is 0 Å². The molecule has 0 radical (unpaired) electrons. The van der Waals surface area contributed by atoms with Gasteiger partial charge in [0.2, 0.25) is 5.91 Å². The second-order valence-electron chi connectivity index (χ2n) is 4.65. The fourth-order valence-corrected chi connectivity index (χ4v) is 1.83. The number of carbonyl (C=O) groups excluding carboxylic acids is 2. The van der Waals surface area contributed by atoms with Gasteiger partial charge in [-0.25, -0.2) is 0 Å². The van der Waals surface area contributed by atoms with Crippen LogP contribution >= 0.6 is 0 Å². The second-order valence-corrected chi connectivity index (χ2v) is 4.65. The topological polar surface area (TPSA) is 70.2 Å². The molecule has 1 aromatic carbocycles. The van der Waals surface area contributed by atoms with Crippen molar-refractivity contribution in [1.29, 1.82) is 0 Å². The van der Waals surface area contributed by atoms with Gasteiger partial charge in [0, 0.05) is 19.6 Å². The molecule has 102 valence electrons. The Bertz CT molecular complexity index is 470. The van der Waals surface area contributed by atoms with Crippen molar-refractivity contribution >= 4 is 17.5 Å². The van der Waals surface area contributed by atoms with E-state index in [9.17, 15) is 9.59 Å². The molecule has 19 heavy (non-hydrogen) atoms. The van der Waals surface area contributed by atoms with Gasteiger partial charge in [-0.2, -0.15) is 0 Å². The van der Waals surface area contributed by atoms with Crippen LogP contribution in [0.4, 0.5) is 5.69 Å². The van der Waals surface area contributed by atoms with Crippen molar-refractivity contribution in [3.8, 4) is 0 Å². The minimum absolute atomic E-state index is 0.00626. The molecule has 1 aliphatic heterocycles. The van der Waals surface area contributed by atoms with Crippen LogP contribution in [0.2, 0.25) is 0 Å². The van der Waals surface area contributed by atoms with Crippen molar-refractivity contribution in [3.05, 3.63) is 29.8 Å². The van der Waals surface area contributed by atoms with Gasteiger partial charge in [-0.15, -0.1) is 0 Å². The number of para-hydroxylation sites is 1. The van der Waals surface area contributed by atoms with Crippen molar-refractivity contribution in [2.45, 2.75) is 13.3 Å². The fourth-order valence-electron chi connectivity index (χ4n) is 1.83. The SMILES string of the molecule is CCCNC(=O)c1ccccc1NC(=O)C1CNC1. The highest BCUT2D eigenvalue weighted by atomic mass is 16.2. The van der Waals surface area contributed by atoms with E-state index in [0.29, 0.717) is 30.9 Å². The lowest BCUT2D eigenvalue weighted by atomic mass is 10.0. The lowest BCUT2D eigenvalue weighted by Crippen LogP contribution is -2.48. The largest absolute Gasteiger partial charge is 0.352 e. The van der Waals surface area contributed by atoms with E-state index in [2.05, 4.69) is 16.0 Å². The highest BCUT2D eigenvalue weighted by Gasteiger charge is 2.25. The summed E-state index contributed by atoms with van der Waals surface area (Å²) in [7, 11) is 0. The van der Waals surface area contributed by atoms with Crippen LogP contribution < -0.4 is 16.0 Å².